The predicted octanol–water partition coefficient (Wildman–Crippen LogP) is 6.01. The van der Waals surface area contributed by atoms with Gasteiger partial charge in [-0.1, -0.05) is 30.4 Å². The number of nitrogens with zero attached hydrogens (tertiary/aromatic N) is 2. The number of morpholine rings is 1. The monoisotopic (exact) mass is 582 g/mol. The standard InChI is InChI=1S/C31H38N2O5S2/c1-35-24-15-23(16-25(18-24)36-2)27-17-22(5-3-4-8-32-9-11-37-12-10-32)28(38-27)19-29-30(34)33(31(39)40-29)26-14-20-6-7-21(26)13-20/h15-21,26H,3-14H2,1-2H3. The molecule has 3 unspecified atom stereocenters. The molecule has 7 nitrogen and oxygen atoms in total. The first-order chi connectivity index (χ1) is 19.5. The van der Waals surface area contributed by atoms with Crippen molar-refractivity contribution in [3.05, 3.63) is 40.5 Å². The molecule has 6 rings (SSSR count). The number of thiocarbonyl (C=S) groups is 1. The normalized spacial score (nSPS) is 25.9. The number of ether oxygens (including phenoxy) is 3. The lowest BCUT2D eigenvalue weighted by Gasteiger charge is -2.30. The van der Waals surface area contributed by atoms with Crippen LogP contribution >= 0.6 is 24.0 Å². The minimum Gasteiger partial charge on any atom is -0.497 e. The maximum atomic E-state index is 13.6. The van der Waals surface area contributed by atoms with Gasteiger partial charge in [0.1, 0.15) is 27.3 Å². The largest absolute Gasteiger partial charge is 0.497 e. The number of benzene rings is 1. The van der Waals surface area contributed by atoms with E-state index in [1.54, 1.807) is 14.2 Å². The van der Waals surface area contributed by atoms with Gasteiger partial charge in [0.15, 0.2) is 0 Å². The summed E-state index contributed by atoms with van der Waals surface area (Å²) < 4.78 is 23.6. The molecule has 1 aromatic carbocycles. The molecule has 1 aromatic heterocycles. The smallest absolute Gasteiger partial charge is 0.266 e. The zero-order chi connectivity index (χ0) is 27.6. The van der Waals surface area contributed by atoms with Gasteiger partial charge < -0.3 is 18.6 Å². The molecule has 3 atom stereocenters. The van der Waals surface area contributed by atoms with Crippen LogP contribution in [0.15, 0.2) is 33.6 Å². The molecule has 214 valence electrons. The number of carbonyl (C=O) groups is 1. The summed E-state index contributed by atoms with van der Waals surface area (Å²) in [5.74, 6) is 4.24. The zero-order valence-corrected chi connectivity index (χ0v) is 25.0. The van der Waals surface area contributed by atoms with Crippen molar-refractivity contribution in [2.24, 2.45) is 11.8 Å². The summed E-state index contributed by atoms with van der Waals surface area (Å²) >= 11 is 7.15. The summed E-state index contributed by atoms with van der Waals surface area (Å²) in [6.45, 7) is 4.71. The molecule has 1 amide bonds. The van der Waals surface area contributed by atoms with Gasteiger partial charge >= 0.3 is 0 Å². The Morgan fingerprint density at radius 2 is 1.82 bits per heavy atom. The van der Waals surface area contributed by atoms with E-state index in [2.05, 4.69) is 11.0 Å². The molecule has 2 bridgehead atoms. The SMILES string of the molecule is COc1cc(OC)cc(-c2cc(CCCCN3CCOCC3)c(C=C3SC(=S)N(C4CC5CCC4C5)C3=O)o2)c1. The van der Waals surface area contributed by atoms with Crippen LogP contribution in [0.3, 0.4) is 0 Å². The Bertz CT molecular complexity index is 1260. The zero-order valence-electron chi connectivity index (χ0n) is 23.4. The number of fused-ring (bicyclic) bond motifs is 2. The molecule has 2 aliphatic carbocycles. The number of hydrogen-bond acceptors (Lipinski definition) is 8. The molecule has 0 N–H and O–H groups in total. The third-order valence-electron chi connectivity index (χ3n) is 8.87. The second kappa shape index (κ2) is 12.3. The molecule has 4 fully saturated rings. The average molecular weight is 583 g/mol. The summed E-state index contributed by atoms with van der Waals surface area (Å²) in [6, 6.07) is 8.10. The van der Waals surface area contributed by atoms with Crippen LogP contribution in [0.4, 0.5) is 0 Å². The van der Waals surface area contributed by atoms with Gasteiger partial charge in [-0.3, -0.25) is 14.6 Å². The fourth-order valence-corrected chi connectivity index (χ4v) is 8.08. The number of rotatable bonds is 10. The van der Waals surface area contributed by atoms with Crippen molar-refractivity contribution in [2.75, 3.05) is 47.1 Å². The third kappa shape index (κ3) is 5.84. The lowest BCUT2D eigenvalue weighted by Crippen LogP contribution is -2.41. The molecule has 4 aliphatic rings. The van der Waals surface area contributed by atoms with Crippen LogP contribution in [0.1, 0.15) is 49.8 Å². The Morgan fingerprint density at radius 1 is 1.05 bits per heavy atom. The average Bonchev–Trinajstić information content (AvgIpc) is 3.76. The minimum absolute atomic E-state index is 0.0341. The van der Waals surface area contributed by atoms with Crippen LogP contribution in [0.2, 0.25) is 0 Å². The van der Waals surface area contributed by atoms with Gasteiger partial charge in [-0.2, -0.15) is 0 Å². The molecule has 0 spiro atoms. The van der Waals surface area contributed by atoms with E-state index >= 15 is 0 Å². The first kappa shape index (κ1) is 27.8. The summed E-state index contributed by atoms with van der Waals surface area (Å²) in [7, 11) is 3.29. The van der Waals surface area contributed by atoms with Gasteiger partial charge in [0.2, 0.25) is 0 Å². The van der Waals surface area contributed by atoms with Crippen LogP contribution in [0.5, 0.6) is 11.5 Å². The molecule has 2 aliphatic heterocycles. The van der Waals surface area contributed by atoms with Crippen LogP contribution in [-0.4, -0.2) is 73.1 Å². The van der Waals surface area contributed by atoms with E-state index in [4.69, 9.17) is 30.8 Å². The maximum Gasteiger partial charge on any atom is 0.266 e. The second-order valence-electron chi connectivity index (χ2n) is 11.3. The molecule has 40 heavy (non-hydrogen) atoms. The molecule has 2 saturated heterocycles. The number of amides is 1. The Balaban J connectivity index is 1.24. The highest BCUT2D eigenvalue weighted by molar-refractivity contribution is 8.26. The predicted molar refractivity (Wildman–Crippen MR) is 162 cm³/mol. The third-order valence-corrected chi connectivity index (χ3v) is 10.2. The van der Waals surface area contributed by atoms with E-state index in [0.717, 1.165) is 87.1 Å². The number of hydrogen-bond donors (Lipinski definition) is 0. The molecule has 2 aromatic rings. The van der Waals surface area contributed by atoms with E-state index in [0.29, 0.717) is 26.6 Å². The highest BCUT2D eigenvalue weighted by atomic mass is 32.2. The summed E-state index contributed by atoms with van der Waals surface area (Å²) in [5, 5.41) is 0. The number of furan rings is 1. The van der Waals surface area contributed by atoms with E-state index in [1.165, 1.54) is 31.0 Å². The van der Waals surface area contributed by atoms with Gasteiger partial charge in [-0.25, -0.2) is 0 Å². The van der Waals surface area contributed by atoms with Gasteiger partial charge in [0, 0.05) is 36.8 Å². The van der Waals surface area contributed by atoms with Crippen molar-refractivity contribution in [2.45, 2.75) is 51.0 Å². The Labute approximate surface area is 246 Å². The molecule has 3 heterocycles. The molecule has 0 radical (unpaired) electrons. The number of carbonyl (C=O) groups excluding carboxylic acids is 1. The van der Waals surface area contributed by atoms with Crippen LogP contribution in [0, 0.1) is 11.8 Å². The second-order valence-corrected chi connectivity index (χ2v) is 13.0. The van der Waals surface area contributed by atoms with Crippen molar-refractivity contribution in [1.82, 2.24) is 9.80 Å². The number of thioether (sulfide) groups is 1. The van der Waals surface area contributed by atoms with Gasteiger partial charge in [0.05, 0.1) is 32.3 Å². The maximum absolute atomic E-state index is 13.6. The minimum atomic E-state index is 0.0341. The van der Waals surface area contributed by atoms with Crippen molar-refractivity contribution >= 4 is 40.3 Å². The summed E-state index contributed by atoms with van der Waals surface area (Å²) in [5.41, 5.74) is 1.98. The van der Waals surface area contributed by atoms with Crippen molar-refractivity contribution in [3.63, 3.8) is 0 Å². The van der Waals surface area contributed by atoms with E-state index in [-0.39, 0.29) is 11.9 Å². The molecule has 2 saturated carbocycles. The Kier molecular flexibility index (Phi) is 8.53. The van der Waals surface area contributed by atoms with Crippen LogP contribution in [-0.2, 0) is 16.0 Å². The number of aryl methyl sites for hydroxylation is 1. The van der Waals surface area contributed by atoms with Crippen molar-refractivity contribution in [3.8, 4) is 22.8 Å². The van der Waals surface area contributed by atoms with E-state index < -0.39 is 0 Å². The molecular weight excluding hydrogens is 544 g/mol. The van der Waals surface area contributed by atoms with Crippen molar-refractivity contribution < 1.29 is 23.4 Å². The van der Waals surface area contributed by atoms with Crippen LogP contribution < -0.4 is 9.47 Å². The van der Waals surface area contributed by atoms with Crippen molar-refractivity contribution in [1.29, 1.82) is 0 Å². The van der Waals surface area contributed by atoms with Gasteiger partial charge in [0.25, 0.3) is 5.91 Å². The highest BCUT2D eigenvalue weighted by Crippen LogP contribution is 2.49. The van der Waals surface area contributed by atoms with E-state index in [9.17, 15) is 4.79 Å². The van der Waals surface area contributed by atoms with E-state index in [1.807, 2.05) is 29.2 Å². The lowest BCUT2D eigenvalue weighted by atomic mass is 9.94. The first-order valence-corrected chi connectivity index (χ1v) is 15.7. The summed E-state index contributed by atoms with van der Waals surface area (Å²) in [4.78, 5) is 18.7. The lowest BCUT2D eigenvalue weighted by molar-refractivity contribution is -0.124. The van der Waals surface area contributed by atoms with Gasteiger partial charge in [-0.15, -0.1) is 0 Å². The van der Waals surface area contributed by atoms with Crippen LogP contribution in [0.25, 0.3) is 17.4 Å². The summed E-state index contributed by atoms with van der Waals surface area (Å²) in [6.07, 6.45) is 9.75. The Hall–Kier alpha value is -2.33. The fraction of sp³-hybridized carbons (Fsp3) is 0.548. The Morgan fingerprint density at radius 3 is 2.50 bits per heavy atom. The fourth-order valence-electron chi connectivity index (χ4n) is 6.74. The highest BCUT2D eigenvalue weighted by Gasteiger charge is 2.48. The quantitative estimate of drug-likeness (QED) is 0.192. The van der Waals surface area contributed by atoms with Gasteiger partial charge in [-0.05, 0) is 80.7 Å². The molecular formula is C31H38N2O5S2. The topological polar surface area (TPSA) is 64.4 Å². The number of unbranched alkanes of at least 4 members (excludes halogenated alkanes) is 1. The first-order valence-electron chi connectivity index (χ1n) is 14.5. The number of methoxy groups -OCH3 is 2. The molecule has 9 heteroatoms.